The van der Waals surface area contributed by atoms with Crippen molar-refractivity contribution in [1.29, 1.82) is 0 Å². The number of unbranched alkanes of at least 4 members (excludes halogenated alkanes) is 2. The van der Waals surface area contributed by atoms with Crippen molar-refractivity contribution in [2.24, 2.45) is 0 Å². The van der Waals surface area contributed by atoms with Gasteiger partial charge < -0.3 is 5.11 Å². The molecular weight excluding hydrogens is 241 g/mol. The van der Waals surface area contributed by atoms with Crippen molar-refractivity contribution >= 4 is 0 Å². The van der Waals surface area contributed by atoms with Crippen LogP contribution in [0.3, 0.4) is 0 Å². The van der Waals surface area contributed by atoms with E-state index in [0.29, 0.717) is 5.56 Å². The lowest BCUT2D eigenvalue weighted by atomic mass is 10.0. The quantitative estimate of drug-likeness (QED) is 0.750. The minimum atomic E-state index is -0.314. The van der Waals surface area contributed by atoms with Crippen LogP contribution in [0.15, 0.2) is 18.2 Å². The Bertz CT molecular complexity index is 373. The van der Waals surface area contributed by atoms with E-state index in [2.05, 4.69) is 18.7 Å². The zero-order valence-electron chi connectivity index (χ0n) is 12.3. The Morgan fingerprint density at radius 2 is 1.74 bits per heavy atom. The van der Waals surface area contributed by atoms with Gasteiger partial charge in [0.1, 0.15) is 11.6 Å². The molecule has 1 unspecified atom stereocenters. The number of hydrogen-bond donors (Lipinski definition) is 1. The van der Waals surface area contributed by atoms with E-state index in [0.717, 1.165) is 38.8 Å². The molecule has 19 heavy (non-hydrogen) atoms. The highest BCUT2D eigenvalue weighted by Gasteiger charge is 2.18. The van der Waals surface area contributed by atoms with Gasteiger partial charge in [-0.3, -0.25) is 4.90 Å². The first-order chi connectivity index (χ1) is 9.10. The van der Waals surface area contributed by atoms with Crippen molar-refractivity contribution < 1.29 is 9.50 Å². The van der Waals surface area contributed by atoms with Gasteiger partial charge in [-0.15, -0.1) is 0 Å². The molecule has 0 amide bonds. The van der Waals surface area contributed by atoms with Crippen molar-refractivity contribution in [3.63, 3.8) is 0 Å². The van der Waals surface area contributed by atoms with Gasteiger partial charge in [-0.2, -0.15) is 0 Å². The number of aromatic hydroxyl groups is 1. The summed E-state index contributed by atoms with van der Waals surface area (Å²) in [5, 5.41) is 9.29. The minimum absolute atomic E-state index is 0.0119. The maximum absolute atomic E-state index is 13.9. The predicted molar refractivity (Wildman–Crippen MR) is 77.9 cm³/mol. The van der Waals surface area contributed by atoms with E-state index in [9.17, 15) is 9.50 Å². The number of phenolic OH excluding ortho intramolecular Hbond substituents is 1. The number of benzene rings is 1. The third-order valence-corrected chi connectivity index (χ3v) is 3.58. The Labute approximate surface area is 116 Å². The number of halogens is 1. The molecule has 0 radical (unpaired) electrons. The lowest BCUT2D eigenvalue weighted by Gasteiger charge is -2.29. The smallest absolute Gasteiger partial charge is 0.131 e. The minimum Gasteiger partial charge on any atom is -0.508 e. The molecular formula is C16H26FNO. The van der Waals surface area contributed by atoms with Crippen LogP contribution < -0.4 is 0 Å². The first-order valence-electron chi connectivity index (χ1n) is 7.32. The zero-order valence-corrected chi connectivity index (χ0v) is 12.3. The van der Waals surface area contributed by atoms with E-state index in [1.165, 1.54) is 6.07 Å². The van der Waals surface area contributed by atoms with Gasteiger partial charge in [-0.1, -0.05) is 32.8 Å². The maximum atomic E-state index is 13.9. The average Bonchev–Trinajstić information content (AvgIpc) is 2.38. The molecule has 0 aromatic heterocycles. The number of nitrogens with zero attached hydrogens (tertiary/aromatic N) is 1. The molecule has 1 N–H and O–H groups in total. The monoisotopic (exact) mass is 267 g/mol. The first-order valence-corrected chi connectivity index (χ1v) is 7.32. The second kappa shape index (κ2) is 8.16. The molecule has 0 saturated heterocycles. The zero-order chi connectivity index (χ0) is 14.3. The Hall–Kier alpha value is -1.09. The van der Waals surface area contributed by atoms with Crippen molar-refractivity contribution in [1.82, 2.24) is 4.90 Å². The molecule has 2 nitrogen and oxygen atoms in total. The molecule has 0 aliphatic carbocycles. The fourth-order valence-electron chi connectivity index (χ4n) is 2.27. The summed E-state index contributed by atoms with van der Waals surface area (Å²) in [7, 11) is 0. The first kappa shape index (κ1) is 16.0. The average molecular weight is 267 g/mol. The highest BCUT2D eigenvalue weighted by Crippen LogP contribution is 2.26. The lowest BCUT2D eigenvalue weighted by molar-refractivity contribution is 0.200. The second-order valence-electron chi connectivity index (χ2n) is 5.12. The lowest BCUT2D eigenvalue weighted by Crippen LogP contribution is -2.29. The van der Waals surface area contributed by atoms with Crippen molar-refractivity contribution in [3.05, 3.63) is 29.6 Å². The molecule has 1 aromatic carbocycles. The molecule has 0 spiro atoms. The summed E-state index contributed by atoms with van der Waals surface area (Å²) in [6, 6.07) is 4.51. The molecule has 1 aromatic rings. The molecule has 0 bridgehead atoms. The largest absolute Gasteiger partial charge is 0.508 e. The molecule has 0 aliphatic heterocycles. The Morgan fingerprint density at radius 3 is 2.21 bits per heavy atom. The SMILES string of the molecule is CCCCN(CCCC)C(C)c1ccc(O)cc1F. The number of phenols is 1. The van der Waals surface area contributed by atoms with E-state index in [1.54, 1.807) is 12.1 Å². The van der Waals surface area contributed by atoms with Gasteiger partial charge >= 0.3 is 0 Å². The molecule has 0 fully saturated rings. The van der Waals surface area contributed by atoms with Crippen LogP contribution >= 0.6 is 0 Å². The van der Waals surface area contributed by atoms with E-state index < -0.39 is 0 Å². The number of hydrogen-bond acceptors (Lipinski definition) is 2. The van der Waals surface area contributed by atoms with Gasteiger partial charge in [0.05, 0.1) is 0 Å². The van der Waals surface area contributed by atoms with Crippen LogP contribution in [0.4, 0.5) is 4.39 Å². The van der Waals surface area contributed by atoms with Gasteiger partial charge in [-0.25, -0.2) is 4.39 Å². The maximum Gasteiger partial charge on any atom is 0.131 e. The van der Waals surface area contributed by atoms with Gasteiger partial charge in [0.15, 0.2) is 0 Å². The third kappa shape index (κ3) is 4.83. The predicted octanol–water partition coefficient (Wildman–Crippen LogP) is 4.49. The topological polar surface area (TPSA) is 23.5 Å². The van der Waals surface area contributed by atoms with Crippen LogP contribution in [-0.4, -0.2) is 23.1 Å². The molecule has 0 aliphatic rings. The second-order valence-corrected chi connectivity index (χ2v) is 5.12. The Kier molecular flexibility index (Phi) is 6.85. The summed E-state index contributed by atoms with van der Waals surface area (Å²) in [5.74, 6) is -0.326. The van der Waals surface area contributed by atoms with Crippen molar-refractivity contribution in [3.8, 4) is 5.75 Å². The molecule has 0 heterocycles. The van der Waals surface area contributed by atoms with Crippen molar-refractivity contribution in [2.75, 3.05) is 13.1 Å². The Balaban J connectivity index is 2.80. The fraction of sp³-hybridized carbons (Fsp3) is 0.625. The van der Waals surface area contributed by atoms with Crippen molar-refractivity contribution in [2.45, 2.75) is 52.5 Å². The van der Waals surface area contributed by atoms with Crippen LogP contribution in [0.5, 0.6) is 5.75 Å². The Morgan fingerprint density at radius 1 is 1.16 bits per heavy atom. The molecule has 108 valence electrons. The van der Waals surface area contributed by atoms with Crippen LogP contribution in [-0.2, 0) is 0 Å². The van der Waals surface area contributed by atoms with E-state index in [4.69, 9.17) is 0 Å². The summed E-state index contributed by atoms with van der Waals surface area (Å²) in [4.78, 5) is 2.34. The third-order valence-electron chi connectivity index (χ3n) is 3.58. The normalized spacial score (nSPS) is 12.9. The fourth-order valence-corrected chi connectivity index (χ4v) is 2.27. The van der Waals surface area contributed by atoms with Crippen LogP contribution in [0.25, 0.3) is 0 Å². The van der Waals surface area contributed by atoms with E-state index in [1.807, 2.05) is 6.92 Å². The van der Waals surface area contributed by atoms with Gasteiger partial charge in [-0.05, 0) is 38.9 Å². The van der Waals surface area contributed by atoms with E-state index >= 15 is 0 Å². The molecule has 1 rings (SSSR count). The number of rotatable bonds is 8. The summed E-state index contributed by atoms with van der Waals surface area (Å²) in [6.45, 7) is 8.38. The summed E-state index contributed by atoms with van der Waals surface area (Å²) in [5.41, 5.74) is 0.671. The van der Waals surface area contributed by atoms with Gasteiger partial charge in [0.2, 0.25) is 0 Å². The van der Waals surface area contributed by atoms with Crippen LogP contribution in [0.1, 0.15) is 58.1 Å². The standard InChI is InChI=1S/C16H26FNO/c1-4-6-10-18(11-7-5-2)13(3)15-9-8-14(19)12-16(15)17/h8-9,12-13,19H,4-7,10-11H2,1-3H3. The molecule has 1 atom stereocenters. The highest BCUT2D eigenvalue weighted by atomic mass is 19.1. The van der Waals surface area contributed by atoms with E-state index in [-0.39, 0.29) is 17.6 Å². The molecule has 3 heteroatoms. The van der Waals surface area contributed by atoms with Gasteiger partial charge in [0.25, 0.3) is 0 Å². The highest BCUT2D eigenvalue weighted by molar-refractivity contribution is 5.29. The summed E-state index contributed by atoms with van der Waals surface area (Å²) < 4.78 is 13.9. The van der Waals surface area contributed by atoms with Gasteiger partial charge in [0, 0.05) is 17.7 Å². The summed E-state index contributed by atoms with van der Waals surface area (Å²) in [6.07, 6.45) is 4.56. The van der Waals surface area contributed by atoms with Crippen LogP contribution in [0, 0.1) is 5.82 Å². The van der Waals surface area contributed by atoms with Crippen LogP contribution in [0.2, 0.25) is 0 Å². The summed E-state index contributed by atoms with van der Waals surface area (Å²) >= 11 is 0. The molecule has 0 saturated carbocycles.